The van der Waals surface area contributed by atoms with E-state index in [4.69, 9.17) is 9.42 Å². The predicted octanol–water partition coefficient (Wildman–Crippen LogP) is 7.11. The minimum atomic E-state index is -4.64. The first-order valence-corrected chi connectivity index (χ1v) is 15.4. The first kappa shape index (κ1) is 30.1. The molecule has 1 aliphatic heterocycles. The van der Waals surface area contributed by atoms with Gasteiger partial charge in [0, 0.05) is 6.42 Å². The Balaban J connectivity index is 2.02. The Kier molecular flexibility index (Phi) is 17.3. The third-order valence-electron chi connectivity index (χ3n) is 7.54. The molecule has 192 valence electrons. The molecule has 0 saturated carbocycles. The van der Waals surface area contributed by atoms with Gasteiger partial charge in [0.15, 0.2) is 0 Å². The van der Waals surface area contributed by atoms with E-state index in [1.165, 1.54) is 116 Å². The summed E-state index contributed by atoms with van der Waals surface area (Å²) in [5.74, 6) is 0. The summed E-state index contributed by atoms with van der Waals surface area (Å²) in [5, 5.41) is 0. The number of likely N-dealkylation sites (tertiary alicyclic amines) is 1. The number of rotatable bonds is 21. The lowest BCUT2D eigenvalue weighted by atomic mass is 9.99. The van der Waals surface area contributed by atoms with Gasteiger partial charge in [0.2, 0.25) is 0 Å². The molecule has 32 heavy (non-hydrogen) atoms. The van der Waals surface area contributed by atoms with Crippen molar-refractivity contribution in [2.24, 2.45) is 0 Å². The molecule has 1 saturated heterocycles. The van der Waals surface area contributed by atoms with Crippen LogP contribution in [-0.4, -0.2) is 42.2 Å². The fourth-order valence-electron chi connectivity index (χ4n) is 5.28. The zero-order chi connectivity index (χ0) is 23.5. The zero-order valence-electron chi connectivity index (χ0n) is 21.4. The number of phosphoric acid groups is 1. The second kappa shape index (κ2) is 18.4. The molecule has 1 fully saturated rings. The SMILES string of the molecule is CCCCCCCCCCCCCCCCCCC(COP(=O)([O-])O)[N+]1(C)CCCCC1. The average Bonchev–Trinajstić information content (AvgIpc) is 2.75. The van der Waals surface area contributed by atoms with Crippen LogP contribution in [0.2, 0.25) is 0 Å². The molecular formula is C26H54NO4P. The Hall–Kier alpha value is 0.0700. The summed E-state index contributed by atoms with van der Waals surface area (Å²) < 4.78 is 16.8. The highest BCUT2D eigenvalue weighted by Crippen LogP contribution is 2.33. The monoisotopic (exact) mass is 475 g/mol. The molecule has 1 aliphatic rings. The number of nitrogens with zero attached hydrogens (tertiary/aromatic N) is 1. The molecule has 1 rings (SSSR count). The second-order valence-electron chi connectivity index (χ2n) is 10.5. The zero-order valence-corrected chi connectivity index (χ0v) is 22.3. The first-order valence-electron chi connectivity index (χ1n) is 13.9. The fourth-order valence-corrected chi connectivity index (χ4v) is 5.64. The Bertz CT molecular complexity index is 476. The molecule has 2 atom stereocenters. The first-order chi connectivity index (χ1) is 15.4. The molecule has 1 heterocycles. The normalized spacial score (nSPS) is 19.0. The Labute approximate surface area is 199 Å². The second-order valence-corrected chi connectivity index (χ2v) is 11.7. The summed E-state index contributed by atoms with van der Waals surface area (Å²) in [6.45, 7) is 4.56. The molecule has 0 aromatic carbocycles. The minimum Gasteiger partial charge on any atom is -0.756 e. The summed E-state index contributed by atoms with van der Waals surface area (Å²) in [7, 11) is -2.41. The highest BCUT2D eigenvalue weighted by atomic mass is 31.2. The van der Waals surface area contributed by atoms with Crippen molar-refractivity contribution < 1.29 is 23.4 Å². The van der Waals surface area contributed by atoms with Crippen LogP contribution in [0.3, 0.4) is 0 Å². The number of hydrogen-bond acceptors (Lipinski definition) is 3. The molecule has 5 nitrogen and oxygen atoms in total. The Morgan fingerprint density at radius 1 is 0.781 bits per heavy atom. The third-order valence-corrected chi connectivity index (χ3v) is 8.02. The van der Waals surface area contributed by atoms with E-state index in [-0.39, 0.29) is 12.6 Å². The third kappa shape index (κ3) is 15.8. The van der Waals surface area contributed by atoms with Gasteiger partial charge in [-0.25, -0.2) is 0 Å². The van der Waals surface area contributed by atoms with Gasteiger partial charge >= 0.3 is 0 Å². The highest BCUT2D eigenvalue weighted by molar-refractivity contribution is 7.44. The van der Waals surface area contributed by atoms with Crippen molar-refractivity contribution >= 4 is 7.82 Å². The van der Waals surface area contributed by atoms with Crippen molar-refractivity contribution in [3.05, 3.63) is 0 Å². The summed E-state index contributed by atoms with van der Waals surface area (Å²) in [6.07, 6.45) is 26.4. The number of piperidine rings is 1. The molecule has 0 aliphatic carbocycles. The molecule has 6 heteroatoms. The quantitative estimate of drug-likeness (QED) is 0.109. The maximum Gasteiger partial charge on any atom is 0.265 e. The van der Waals surface area contributed by atoms with Crippen LogP contribution in [0, 0.1) is 0 Å². The van der Waals surface area contributed by atoms with Gasteiger partial charge in [0.25, 0.3) is 7.82 Å². The van der Waals surface area contributed by atoms with Gasteiger partial charge in [-0.1, -0.05) is 103 Å². The van der Waals surface area contributed by atoms with Crippen LogP contribution < -0.4 is 4.89 Å². The lowest BCUT2D eigenvalue weighted by Crippen LogP contribution is -2.56. The average molecular weight is 476 g/mol. The van der Waals surface area contributed by atoms with Crippen LogP contribution in [0.4, 0.5) is 0 Å². The summed E-state index contributed by atoms with van der Waals surface area (Å²) in [6, 6.07) is 0.163. The molecular weight excluding hydrogens is 421 g/mol. The standard InChI is InChI=1S/C26H54NO4P/c1-3-4-5-6-7-8-9-10-11-12-13-14-15-16-17-19-22-26(25-31-32(28,29)30)27(2)23-20-18-21-24-27/h26H,3-25H2,1-2H3,(H-,28,29,30). The maximum absolute atomic E-state index is 11.1. The topological polar surface area (TPSA) is 69.6 Å². The van der Waals surface area contributed by atoms with Crippen molar-refractivity contribution in [2.45, 2.75) is 141 Å². The lowest BCUT2D eigenvalue weighted by Gasteiger charge is -2.44. The van der Waals surface area contributed by atoms with E-state index in [2.05, 4.69) is 14.0 Å². The number of unbranched alkanes of at least 4 members (excludes halogenated alkanes) is 15. The molecule has 0 aromatic heterocycles. The van der Waals surface area contributed by atoms with Crippen molar-refractivity contribution in [1.82, 2.24) is 0 Å². The van der Waals surface area contributed by atoms with Gasteiger partial charge in [-0.05, 0) is 25.7 Å². The van der Waals surface area contributed by atoms with Gasteiger partial charge in [-0.15, -0.1) is 0 Å². The lowest BCUT2D eigenvalue weighted by molar-refractivity contribution is -0.938. The van der Waals surface area contributed by atoms with Gasteiger partial charge in [-0.2, -0.15) is 0 Å². The van der Waals surface area contributed by atoms with E-state index in [1.807, 2.05) is 0 Å². The van der Waals surface area contributed by atoms with Crippen LogP contribution >= 0.6 is 7.82 Å². The van der Waals surface area contributed by atoms with Crippen molar-refractivity contribution in [3.8, 4) is 0 Å². The summed E-state index contributed by atoms with van der Waals surface area (Å²) in [5.41, 5.74) is 0. The molecule has 0 bridgehead atoms. The predicted molar refractivity (Wildman–Crippen MR) is 133 cm³/mol. The van der Waals surface area contributed by atoms with E-state index < -0.39 is 7.82 Å². The van der Waals surface area contributed by atoms with E-state index in [9.17, 15) is 9.46 Å². The number of quaternary nitrogens is 1. The van der Waals surface area contributed by atoms with Gasteiger partial charge in [-0.3, -0.25) is 4.57 Å². The van der Waals surface area contributed by atoms with Crippen LogP contribution in [0.1, 0.15) is 135 Å². The summed E-state index contributed by atoms with van der Waals surface area (Å²) in [4.78, 5) is 20.1. The van der Waals surface area contributed by atoms with Crippen LogP contribution in [-0.2, 0) is 9.09 Å². The van der Waals surface area contributed by atoms with E-state index in [0.717, 1.165) is 30.4 Å². The van der Waals surface area contributed by atoms with Crippen molar-refractivity contribution in [1.29, 1.82) is 0 Å². The van der Waals surface area contributed by atoms with Crippen molar-refractivity contribution in [2.75, 3.05) is 26.7 Å². The Morgan fingerprint density at radius 3 is 1.59 bits per heavy atom. The molecule has 0 amide bonds. The molecule has 2 unspecified atom stereocenters. The smallest absolute Gasteiger partial charge is 0.265 e. The van der Waals surface area contributed by atoms with Gasteiger partial charge < -0.3 is 18.8 Å². The molecule has 0 aromatic rings. The van der Waals surface area contributed by atoms with E-state index >= 15 is 0 Å². The molecule has 0 spiro atoms. The maximum atomic E-state index is 11.1. The van der Waals surface area contributed by atoms with Crippen molar-refractivity contribution in [3.63, 3.8) is 0 Å². The van der Waals surface area contributed by atoms with Crippen LogP contribution in [0.5, 0.6) is 0 Å². The largest absolute Gasteiger partial charge is 0.756 e. The molecule has 1 N–H and O–H groups in total. The van der Waals surface area contributed by atoms with Gasteiger partial charge in [0.05, 0.1) is 20.1 Å². The molecule has 0 radical (unpaired) electrons. The van der Waals surface area contributed by atoms with Gasteiger partial charge in [0.1, 0.15) is 12.6 Å². The fraction of sp³-hybridized carbons (Fsp3) is 1.00. The number of likely N-dealkylation sites (N-methyl/N-ethyl adjacent to an activating group) is 1. The Morgan fingerprint density at radius 2 is 1.19 bits per heavy atom. The number of phosphoric ester groups is 1. The van der Waals surface area contributed by atoms with E-state index in [0.29, 0.717) is 0 Å². The minimum absolute atomic E-state index is 0.118. The van der Waals surface area contributed by atoms with E-state index in [1.54, 1.807) is 0 Å². The van der Waals surface area contributed by atoms with Crippen LogP contribution in [0.25, 0.3) is 0 Å². The van der Waals surface area contributed by atoms with Crippen LogP contribution in [0.15, 0.2) is 0 Å². The summed E-state index contributed by atoms with van der Waals surface area (Å²) >= 11 is 0. The highest BCUT2D eigenvalue weighted by Gasteiger charge is 2.34. The number of hydrogen-bond donors (Lipinski definition) is 1.